The van der Waals surface area contributed by atoms with Crippen LogP contribution < -0.4 is 0 Å². The summed E-state index contributed by atoms with van der Waals surface area (Å²) in [5.74, 6) is 0. The molecule has 0 aliphatic rings. The smallest absolute Gasteiger partial charge is 0.284 e. The number of hydrogen-bond donors (Lipinski definition) is 0. The van der Waals surface area contributed by atoms with Crippen LogP contribution in [0.3, 0.4) is 0 Å². The molecule has 3 aromatic rings. The Hall–Kier alpha value is -2.91. The largest absolute Gasteiger partial charge is 0.286 e. The monoisotopic (exact) mass is 312 g/mol. The Balaban J connectivity index is 2.28. The lowest BCUT2D eigenvalue weighted by Crippen LogP contribution is -1.94. The van der Waals surface area contributed by atoms with Crippen molar-refractivity contribution < 1.29 is 4.92 Å². The number of nitrogens with zero attached hydrogens (tertiary/aromatic N) is 4. The topological polar surface area (TPSA) is 84.2 Å². The molecule has 0 aliphatic heterocycles. The van der Waals surface area contributed by atoms with E-state index in [1.54, 1.807) is 12.1 Å². The van der Waals surface area contributed by atoms with Crippen LogP contribution in [0.2, 0.25) is 5.02 Å². The lowest BCUT2D eigenvalue weighted by atomic mass is 10.1. The normalized spacial score (nSPS) is 10.6. The second-order valence-electron chi connectivity index (χ2n) is 4.76. The number of fused-ring (bicyclic) bond motifs is 1. The van der Waals surface area contributed by atoms with Gasteiger partial charge in [-0.05, 0) is 30.7 Å². The van der Waals surface area contributed by atoms with E-state index in [9.17, 15) is 15.4 Å². The van der Waals surface area contributed by atoms with Gasteiger partial charge in [0.15, 0.2) is 5.69 Å². The van der Waals surface area contributed by atoms with E-state index in [2.05, 4.69) is 11.1 Å². The highest BCUT2D eigenvalue weighted by Crippen LogP contribution is 2.28. The zero-order valence-electron chi connectivity index (χ0n) is 11.4. The Morgan fingerprint density at radius 2 is 2.14 bits per heavy atom. The van der Waals surface area contributed by atoms with Gasteiger partial charge in [-0.2, -0.15) is 5.26 Å². The van der Waals surface area contributed by atoms with E-state index in [-0.39, 0.29) is 11.4 Å². The zero-order valence-corrected chi connectivity index (χ0v) is 12.2. The summed E-state index contributed by atoms with van der Waals surface area (Å²) in [4.78, 5) is 14.8. The summed E-state index contributed by atoms with van der Waals surface area (Å²) in [6.07, 6.45) is 1.30. The fourth-order valence-corrected chi connectivity index (χ4v) is 2.36. The number of nitriles is 1. The number of hydrogen-bond acceptors (Lipinski definition) is 4. The predicted octanol–water partition coefficient (Wildman–Crippen LogP) is 3.74. The van der Waals surface area contributed by atoms with Crippen molar-refractivity contribution in [2.75, 3.05) is 0 Å². The van der Waals surface area contributed by atoms with Crippen molar-refractivity contribution in [3.63, 3.8) is 0 Å². The molecule has 0 bridgehead atoms. The van der Waals surface area contributed by atoms with Crippen LogP contribution in [0.5, 0.6) is 0 Å². The van der Waals surface area contributed by atoms with Crippen LogP contribution in [0.1, 0.15) is 11.3 Å². The number of nitro groups is 1. The zero-order chi connectivity index (χ0) is 15.9. The van der Waals surface area contributed by atoms with Gasteiger partial charge in [0.1, 0.15) is 17.4 Å². The van der Waals surface area contributed by atoms with Crippen LogP contribution in [-0.4, -0.2) is 14.3 Å². The van der Waals surface area contributed by atoms with E-state index in [1.165, 1.54) is 22.7 Å². The molecule has 0 aliphatic carbocycles. The first-order valence-corrected chi connectivity index (χ1v) is 6.72. The van der Waals surface area contributed by atoms with E-state index in [1.807, 2.05) is 13.0 Å². The quantitative estimate of drug-likeness (QED) is 0.533. The van der Waals surface area contributed by atoms with Crippen LogP contribution in [0, 0.1) is 28.4 Å². The molecule has 2 heterocycles. The van der Waals surface area contributed by atoms with Crippen molar-refractivity contribution in [2.24, 2.45) is 0 Å². The minimum absolute atomic E-state index is 0.0970. The number of aromatic nitrogens is 2. The second kappa shape index (κ2) is 5.13. The first-order chi connectivity index (χ1) is 10.5. The van der Waals surface area contributed by atoms with Gasteiger partial charge in [-0.15, -0.1) is 0 Å². The van der Waals surface area contributed by atoms with Crippen molar-refractivity contribution in [1.29, 1.82) is 5.26 Å². The van der Waals surface area contributed by atoms with E-state index in [0.717, 1.165) is 11.1 Å². The van der Waals surface area contributed by atoms with Gasteiger partial charge in [0.05, 0.1) is 11.1 Å². The van der Waals surface area contributed by atoms with Gasteiger partial charge in [-0.3, -0.25) is 14.5 Å². The van der Waals surface area contributed by atoms with Crippen molar-refractivity contribution in [1.82, 2.24) is 9.38 Å². The molecule has 6 nitrogen and oxygen atoms in total. The maximum Gasteiger partial charge on any atom is 0.286 e. The molecule has 3 rings (SSSR count). The Bertz CT molecular complexity index is 956. The lowest BCUT2D eigenvalue weighted by molar-refractivity contribution is -0.385. The standard InChI is InChI=1S/C15H9ClN4O2/c1-9-6-10(2-4-12(9)16)15-13(7-17)19-8-11(20(21)22)3-5-14(19)18-15/h2-6,8H,1H3. The molecule has 22 heavy (non-hydrogen) atoms. The van der Waals surface area contributed by atoms with E-state index in [0.29, 0.717) is 16.4 Å². The predicted molar refractivity (Wildman–Crippen MR) is 81.7 cm³/mol. The van der Waals surface area contributed by atoms with Crippen molar-refractivity contribution in [2.45, 2.75) is 6.92 Å². The van der Waals surface area contributed by atoms with E-state index < -0.39 is 4.92 Å². The molecule has 0 atom stereocenters. The minimum atomic E-state index is -0.507. The van der Waals surface area contributed by atoms with Gasteiger partial charge >= 0.3 is 0 Å². The highest BCUT2D eigenvalue weighted by Gasteiger charge is 2.17. The van der Waals surface area contributed by atoms with Gasteiger partial charge in [0, 0.05) is 16.7 Å². The van der Waals surface area contributed by atoms with Gasteiger partial charge in [0.25, 0.3) is 5.69 Å². The molecule has 2 aromatic heterocycles. The average molecular weight is 313 g/mol. The molecule has 0 saturated heterocycles. The molecule has 0 unspecified atom stereocenters. The Labute approximate surface area is 130 Å². The summed E-state index contributed by atoms with van der Waals surface area (Å²) < 4.78 is 1.43. The molecule has 0 fully saturated rings. The number of imidazole rings is 1. The van der Waals surface area contributed by atoms with Gasteiger partial charge in [-0.25, -0.2) is 4.98 Å². The highest BCUT2D eigenvalue weighted by atomic mass is 35.5. The molecular formula is C15H9ClN4O2. The molecule has 1 aromatic carbocycles. The van der Waals surface area contributed by atoms with Gasteiger partial charge in [-0.1, -0.05) is 17.7 Å². The van der Waals surface area contributed by atoms with Crippen LogP contribution in [0.4, 0.5) is 5.69 Å². The number of rotatable bonds is 2. The molecule has 0 saturated carbocycles. The van der Waals surface area contributed by atoms with Crippen molar-refractivity contribution in [3.8, 4) is 17.3 Å². The summed E-state index contributed by atoms with van der Waals surface area (Å²) in [7, 11) is 0. The maximum absolute atomic E-state index is 10.9. The molecule has 108 valence electrons. The SMILES string of the molecule is Cc1cc(-c2nc3ccc([N+](=O)[O-])cn3c2C#N)ccc1Cl. The van der Waals surface area contributed by atoms with E-state index in [4.69, 9.17) is 11.6 Å². The average Bonchev–Trinajstić information content (AvgIpc) is 2.87. The first-order valence-electron chi connectivity index (χ1n) is 6.34. The number of benzene rings is 1. The number of halogens is 1. The second-order valence-corrected chi connectivity index (χ2v) is 5.16. The third kappa shape index (κ3) is 2.18. The fourth-order valence-electron chi connectivity index (χ4n) is 2.24. The number of pyridine rings is 1. The summed E-state index contributed by atoms with van der Waals surface area (Å²) >= 11 is 6.01. The Morgan fingerprint density at radius 3 is 2.77 bits per heavy atom. The van der Waals surface area contributed by atoms with Crippen molar-refractivity contribution in [3.05, 3.63) is 62.9 Å². The summed E-state index contributed by atoms with van der Waals surface area (Å²) in [5, 5.41) is 20.9. The molecule has 0 N–H and O–H groups in total. The highest BCUT2D eigenvalue weighted by molar-refractivity contribution is 6.31. The Morgan fingerprint density at radius 1 is 1.36 bits per heavy atom. The third-order valence-corrected chi connectivity index (χ3v) is 3.78. The fraction of sp³-hybridized carbons (Fsp3) is 0.0667. The first kappa shape index (κ1) is 14.0. The molecular weight excluding hydrogens is 304 g/mol. The van der Waals surface area contributed by atoms with Crippen LogP contribution in [0.15, 0.2) is 36.5 Å². The molecule has 0 radical (unpaired) electrons. The summed E-state index contributed by atoms with van der Waals surface area (Å²) in [5.41, 5.74) is 2.71. The molecule has 0 amide bonds. The maximum atomic E-state index is 10.9. The minimum Gasteiger partial charge on any atom is -0.284 e. The summed E-state index contributed by atoms with van der Waals surface area (Å²) in [6.45, 7) is 1.86. The number of aryl methyl sites for hydroxylation is 1. The van der Waals surface area contributed by atoms with E-state index >= 15 is 0 Å². The van der Waals surface area contributed by atoms with Gasteiger partial charge in [0.2, 0.25) is 0 Å². The molecule has 0 spiro atoms. The molecule has 7 heteroatoms. The van der Waals surface area contributed by atoms with Crippen LogP contribution in [0.25, 0.3) is 16.9 Å². The van der Waals surface area contributed by atoms with Crippen LogP contribution >= 0.6 is 11.6 Å². The third-order valence-electron chi connectivity index (χ3n) is 3.35. The van der Waals surface area contributed by atoms with Crippen LogP contribution in [-0.2, 0) is 0 Å². The summed E-state index contributed by atoms with van der Waals surface area (Å²) in [6, 6.07) is 10.3. The lowest BCUT2D eigenvalue weighted by Gasteiger charge is -2.01. The van der Waals surface area contributed by atoms with Crippen molar-refractivity contribution >= 4 is 22.9 Å². The van der Waals surface area contributed by atoms with Gasteiger partial charge < -0.3 is 0 Å². The Kier molecular flexibility index (Phi) is 3.28.